The number of nitrogens with zero attached hydrogens (tertiary/aromatic N) is 1. The van der Waals surface area contributed by atoms with Crippen LogP contribution in [0.15, 0.2) is 11.1 Å². The zero-order valence-electron chi connectivity index (χ0n) is 10.5. The van der Waals surface area contributed by atoms with Gasteiger partial charge >= 0.3 is 0 Å². The summed E-state index contributed by atoms with van der Waals surface area (Å²) in [7, 11) is 0. The third-order valence-corrected chi connectivity index (χ3v) is 4.85. The summed E-state index contributed by atoms with van der Waals surface area (Å²) in [6.45, 7) is 7.24. The maximum Gasteiger partial charge on any atom is 0.0196 e. The van der Waals surface area contributed by atoms with Gasteiger partial charge in [-0.2, -0.15) is 0 Å². The lowest BCUT2D eigenvalue weighted by molar-refractivity contribution is 0.194. The Labute approximate surface area is 99.1 Å². The van der Waals surface area contributed by atoms with Crippen molar-refractivity contribution in [1.29, 1.82) is 0 Å². The standard InChI is InChI=1S/C14H24N2/c1-11(13-8-15-9-13)10-16-7-6-12-4-2-3-5-14(12)16/h12,14-15H,2-10H2,1H3. The first kappa shape index (κ1) is 10.8. The quantitative estimate of drug-likeness (QED) is 0.718. The van der Waals surface area contributed by atoms with Crippen LogP contribution in [0.3, 0.4) is 0 Å². The van der Waals surface area contributed by atoms with Crippen LogP contribution in [0.25, 0.3) is 0 Å². The topological polar surface area (TPSA) is 15.3 Å². The molecule has 2 heterocycles. The van der Waals surface area contributed by atoms with Gasteiger partial charge in [0, 0.05) is 25.7 Å². The van der Waals surface area contributed by atoms with Crippen LogP contribution in [0.5, 0.6) is 0 Å². The van der Waals surface area contributed by atoms with Crippen molar-refractivity contribution in [2.24, 2.45) is 5.92 Å². The van der Waals surface area contributed by atoms with E-state index in [9.17, 15) is 0 Å². The molecule has 3 rings (SSSR count). The summed E-state index contributed by atoms with van der Waals surface area (Å²) in [5.74, 6) is 1.03. The van der Waals surface area contributed by atoms with Crippen LogP contribution in [0, 0.1) is 5.92 Å². The molecule has 3 fully saturated rings. The van der Waals surface area contributed by atoms with Crippen molar-refractivity contribution in [3.8, 4) is 0 Å². The number of likely N-dealkylation sites (tertiary alicyclic amines) is 1. The lowest BCUT2D eigenvalue weighted by Crippen LogP contribution is -2.39. The first-order chi connectivity index (χ1) is 7.84. The van der Waals surface area contributed by atoms with E-state index in [0.29, 0.717) is 0 Å². The van der Waals surface area contributed by atoms with Gasteiger partial charge < -0.3 is 5.32 Å². The van der Waals surface area contributed by atoms with E-state index < -0.39 is 0 Å². The average Bonchev–Trinajstić information content (AvgIpc) is 2.59. The van der Waals surface area contributed by atoms with Gasteiger partial charge in [0.1, 0.15) is 0 Å². The van der Waals surface area contributed by atoms with Crippen molar-refractivity contribution in [1.82, 2.24) is 10.2 Å². The molecular formula is C14H24N2. The highest BCUT2D eigenvalue weighted by Crippen LogP contribution is 2.36. The van der Waals surface area contributed by atoms with Crippen LogP contribution in [-0.4, -0.2) is 37.1 Å². The molecule has 2 aliphatic heterocycles. The van der Waals surface area contributed by atoms with Crippen molar-refractivity contribution < 1.29 is 0 Å². The summed E-state index contributed by atoms with van der Waals surface area (Å²) < 4.78 is 0. The fraction of sp³-hybridized carbons (Fsp3) is 0.857. The number of hydrogen-bond acceptors (Lipinski definition) is 2. The van der Waals surface area contributed by atoms with Crippen LogP contribution >= 0.6 is 0 Å². The Kier molecular flexibility index (Phi) is 3.03. The van der Waals surface area contributed by atoms with Gasteiger partial charge in [-0.1, -0.05) is 18.4 Å². The minimum Gasteiger partial charge on any atom is -0.309 e. The molecule has 3 aliphatic rings. The Hall–Kier alpha value is -0.340. The number of hydrogen-bond donors (Lipinski definition) is 1. The molecular weight excluding hydrogens is 196 g/mol. The lowest BCUT2D eigenvalue weighted by Gasteiger charge is -2.33. The average molecular weight is 220 g/mol. The first-order valence-electron chi connectivity index (χ1n) is 6.97. The van der Waals surface area contributed by atoms with E-state index in [1.54, 1.807) is 11.1 Å². The Morgan fingerprint density at radius 2 is 2.06 bits per heavy atom. The van der Waals surface area contributed by atoms with Gasteiger partial charge in [0.05, 0.1) is 0 Å². The second kappa shape index (κ2) is 4.50. The van der Waals surface area contributed by atoms with Crippen LogP contribution in [0.2, 0.25) is 0 Å². The third-order valence-electron chi connectivity index (χ3n) is 4.85. The Bertz CT molecular complexity index is 289. The molecule has 1 N–H and O–H groups in total. The van der Waals surface area contributed by atoms with Crippen molar-refractivity contribution in [2.75, 3.05) is 26.2 Å². The van der Waals surface area contributed by atoms with Crippen LogP contribution in [0.1, 0.15) is 39.0 Å². The van der Waals surface area contributed by atoms with E-state index in [4.69, 9.17) is 0 Å². The Morgan fingerprint density at radius 1 is 1.25 bits per heavy atom. The van der Waals surface area contributed by atoms with E-state index in [-0.39, 0.29) is 0 Å². The van der Waals surface area contributed by atoms with Crippen LogP contribution < -0.4 is 5.32 Å². The fourth-order valence-corrected chi connectivity index (χ4v) is 3.67. The second-order valence-corrected chi connectivity index (χ2v) is 5.86. The first-order valence-corrected chi connectivity index (χ1v) is 6.97. The number of fused-ring (bicyclic) bond motifs is 1. The molecule has 1 saturated carbocycles. The molecule has 90 valence electrons. The number of rotatable bonds is 2. The highest BCUT2D eigenvalue weighted by atomic mass is 15.2. The molecule has 0 aromatic heterocycles. The predicted octanol–water partition coefficient (Wildman–Crippen LogP) is 2.17. The lowest BCUT2D eigenvalue weighted by atomic mass is 9.85. The van der Waals surface area contributed by atoms with Gasteiger partial charge in [0.25, 0.3) is 0 Å². The maximum atomic E-state index is 3.35. The smallest absolute Gasteiger partial charge is 0.0196 e. The molecule has 16 heavy (non-hydrogen) atoms. The summed E-state index contributed by atoms with van der Waals surface area (Å²) in [6, 6.07) is 0.928. The second-order valence-electron chi connectivity index (χ2n) is 5.86. The minimum absolute atomic E-state index is 0.928. The van der Waals surface area contributed by atoms with E-state index in [0.717, 1.165) is 25.0 Å². The summed E-state index contributed by atoms with van der Waals surface area (Å²) >= 11 is 0. The number of nitrogens with one attached hydrogen (secondary N) is 1. The van der Waals surface area contributed by atoms with Crippen molar-refractivity contribution in [3.63, 3.8) is 0 Å². The van der Waals surface area contributed by atoms with E-state index >= 15 is 0 Å². The summed E-state index contributed by atoms with van der Waals surface area (Å²) in [5, 5.41) is 3.35. The Morgan fingerprint density at radius 3 is 2.81 bits per heavy atom. The monoisotopic (exact) mass is 220 g/mol. The molecule has 0 aromatic carbocycles. The highest BCUT2D eigenvalue weighted by molar-refractivity contribution is 5.22. The minimum atomic E-state index is 0.928. The van der Waals surface area contributed by atoms with E-state index in [1.165, 1.54) is 45.2 Å². The molecule has 2 unspecified atom stereocenters. The zero-order valence-corrected chi connectivity index (χ0v) is 10.5. The molecule has 2 heteroatoms. The van der Waals surface area contributed by atoms with Crippen molar-refractivity contribution in [2.45, 2.75) is 45.1 Å². The van der Waals surface area contributed by atoms with Crippen LogP contribution in [-0.2, 0) is 0 Å². The van der Waals surface area contributed by atoms with Crippen molar-refractivity contribution in [3.05, 3.63) is 11.1 Å². The molecule has 0 spiro atoms. The molecule has 2 nitrogen and oxygen atoms in total. The molecule has 2 atom stereocenters. The van der Waals surface area contributed by atoms with Gasteiger partial charge in [-0.25, -0.2) is 0 Å². The molecule has 0 aromatic rings. The van der Waals surface area contributed by atoms with Gasteiger partial charge in [0.15, 0.2) is 0 Å². The molecule has 1 aliphatic carbocycles. The molecule has 2 saturated heterocycles. The molecule has 0 bridgehead atoms. The predicted molar refractivity (Wildman–Crippen MR) is 67.5 cm³/mol. The van der Waals surface area contributed by atoms with E-state index in [2.05, 4.69) is 17.1 Å². The van der Waals surface area contributed by atoms with Gasteiger partial charge in [-0.05, 0) is 44.2 Å². The van der Waals surface area contributed by atoms with Crippen molar-refractivity contribution >= 4 is 0 Å². The Balaban J connectivity index is 1.62. The molecule has 0 amide bonds. The third kappa shape index (κ3) is 1.93. The molecule has 0 radical (unpaired) electrons. The SMILES string of the molecule is CC(CN1CCC2CCCCC21)=C1CNC1. The summed E-state index contributed by atoms with van der Waals surface area (Å²) in [5.41, 5.74) is 3.31. The highest BCUT2D eigenvalue weighted by Gasteiger charge is 2.35. The zero-order chi connectivity index (χ0) is 11.0. The summed E-state index contributed by atoms with van der Waals surface area (Å²) in [4.78, 5) is 2.77. The fourth-order valence-electron chi connectivity index (χ4n) is 3.67. The van der Waals surface area contributed by atoms with E-state index in [1.807, 2.05) is 0 Å². The summed E-state index contributed by atoms with van der Waals surface area (Å²) in [6.07, 6.45) is 7.38. The van der Waals surface area contributed by atoms with Gasteiger partial charge in [-0.3, -0.25) is 4.90 Å². The van der Waals surface area contributed by atoms with Gasteiger partial charge in [0.2, 0.25) is 0 Å². The van der Waals surface area contributed by atoms with Crippen LogP contribution in [0.4, 0.5) is 0 Å². The normalized spacial score (nSPS) is 34.7. The van der Waals surface area contributed by atoms with Gasteiger partial charge in [-0.15, -0.1) is 0 Å². The largest absolute Gasteiger partial charge is 0.309 e. The maximum absolute atomic E-state index is 3.35.